The van der Waals surface area contributed by atoms with Gasteiger partial charge in [-0.05, 0) is 30.4 Å². The number of Topliss-reactive ketones (excluding diaryl/α,β-unsaturated/α-hetero) is 2. The lowest BCUT2D eigenvalue weighted by molar-refractivity contribution is -0.147. The van der Waals surface area contributed by atoms with Crippen LogP contribution >= 0.6 is 0 Å². The van der Waals surface area contributed by atoms with Gasteiger partial charge in [0, 0.05) is 35.9 Å². The van der Waals surface area contributed by atoms with E-state index >= 15 is 0 Å². The predicted molar refractivity (Wildman–Crippen MR) is 87.5 cm³/mol. The molecule has 1 aromatic rings. The van der Waals surface area contributed by atoms with Crippen molar-refractivity contribution in [2.75, 3.05) is 0 Å². The number of ketones is 2. The maximum atomic E-state index is 13.1. The van der Waals surface area contributed by atoms with E-state index in [4.69, 9.17) is 5.73 Å². The van der Waals surface area contributed by atoms with E-state index in [0.29, 0.717) is 12.0 Å². The number of carbonyl (C=O) groups is 3. The van der Waals surface area contributed by atoms with Crippen molar-refractivity contribution in [3.8, 4) is 0 Å². The van der Waals surface area contributed by atoms with Crippen LogP contribution in [0.25, 0.3) is 5.76 Å². The molecule has 3 atom stereocenters. The van der Waals surface area contributed by atoms with Crippen LogP contribution in [0.4, 0.5) is 0 Å². The van der Waals surface area contributed by atoms with Crippen molar-refractivity contribution in [1.29, 1.82) is 0 Å². The highest BCUT2D eigenvalue weighted by atomic mass is 16.3. The van der Waals surface area contributed by atoms with E-state index in [1.165, 1.54) is 6.20 Å². The molecule has 0 aliphatic heterocycles. The van der Waals surface area contributed by atoms with Crippen LogP contribution in [-0.4, -0.2) is 43.4 Å². The standard InChI is InChI=1S/C18H16N2O6/c19-17(25)13-11(21)5-9-4-8-3-7-1-2-20-6-10(7)14(22)12(8)15(23)18(9,26)16(13)24/h1-2,6,8-9,22,24,26H,3-5H2,(H2,19,25)/t8?,9-,18-/m0/s1. The highest BCUT2D eigenvalue weighted by molar-refractivity contribution is 6.22. The largest absolute Gasteiger partial charge is 0.508 e. The van der Waals surface area contributed by atoms with Gasteiger partial charge in [-0.2, -0.15) is 0 Å². The van der Waals surface area contributed by atoms with E-state index in [1.807, 2.05) is 0 Å². The summed E-state index contributed by atoms with van der Waals surface area (Å²) in [7, 11) is 0. The van der Waals surface area contributed by atoms with E-state index < -0.39 is 46.2 Å². The van der Waals surface area contributed by atoms with Gasteiger partial charge in [-0.15, -0.1) is 0 Å². The Bertz CT molecular complexity index is 947. The first-order chi connectivity index (χ1) is 12.3. The number of primary amides is 1. The van der Waals surface area contributed by atoms with Crippen LogP contribution in [0.5, 0.6) is 0 Å². The lowest BCUT2D eigenvalue weighted by atomic mass is 9.59. The molecule has 1 saturated carbocycles. The van der Waals surface area contributed by atoms with E-state index in [9.17, 15) is 29.7 Å². The Morgan fingerprint density at radius 3 is 2.69 bits per heavy atom. The number of rotatable bonds is 1. The number of nitrogens with two attached hydrogens (primary N) is 1. The predicted octanol–water partition coefficient (Wildman–Crippen LogP) is 0.113. The summed E-state index contributed by atoms with van der Waals surface area (Å²) in [4.78, 5) is 40.7. The van der Waals surface area contributed by atoms with Crippen LogP contribution in [0.3, 0.4) is 0 Å². The highest BCUT2D eigenvalue weighted by Gasteiger charge is 2.60. The summed E-state index contributed by atoms with van der Waals surface area (Å²) in [6.07, 6.45) is 3.36. The normalized spacial score (nSPS) is 30.7. The Balaban J connectivity index is 1.92. The fourth-order valence-electron chi connectivity index (χ4n) is 4.35. The molecular weight excluding hydrogens is 340 g/mol. The molecule has 0 spiro atoms. The maximum Gasteiger partial charge on any atom is 0.255 e. The Morgan fingerprint density at radius 1 is 1.27 bits per heavy atom. The molecular formula is C18H16N2O6. The molecule has 3 aliphatic carbocycles. The molecule has 1 amide bonds. The first-order valence-corrected chi connectivity index (χ1v) is 8.17. The zero-order valence-electron chi connectivity index (χ0n) is 13.6. The molecule has 1 fully saturated rings. The van der Waals surface area contributed by atoms with Crippen molar-refractivity contribution in [3.63, 3.8) is 0 Å². The van der Waals surface area contributed by atoms with Crippen LogP contribution < -0.4 is 5.73 Å². The molecule has 1 aromatic heterocycles. The summed E-state index contributed by atoms with van der Waals surface area (Å²) >= 11 is 0. The van der Waals surface area contributed by atoms with Gasteiger partial charge in [0.05, 0.1) is 0 Å². The van der Waals surface area contributed by atoms with Crippen LogP contribution in [0.1, 0.15) is 24.0 Å². The molecule has 4 rings (SSSR count). The van der Waals surface area contributed by atoms with Crippen LogP contribution in [0.15, 0.2) is 35.4 Å². The Morgan fingerprint density at radius 2 is 2.00 bits per heavy atom. The summed E-state index contributed by atoms with van der Waals surface area (Å²) < 4.78 is 0. The summed E-state index contributed by atoms with van der Waals surface area (Å²) in [6.45, 7) is 0. The first-order valence-electron chi connectivity index (χ1n) is 8.17. The quantitative estimate of drug-likeness (QED) is 0.521. The second kappa shape index (κ2) is 5.25. The van der Waals surface area contributed by atoms with Crippen LogP contribution in [0.2, 0.25) is 0 Å². The number of aromatic nitrogens is 1. The molecule has 0 aromatic carbocycles. The van der Waals surface area contributed by atoms with Gasteiger partial charge in [0.15, 0.2) is 11.4 Å². The molecule has 1 heterocycles. The molecule has 5 N–H and O–H groups in total. The highest BCUT2D eigenvalue weighted by Crippen LogP contribution is 2.50. The third-order valence-electron chi connectivity index (χ3n) is 5.60. The maximum absolute atomic E-state index is 13.1. The Hall–Kier alpha value is -3.00. The zero-order valence-corrected chi connectivity index (χ0v) is 13.6. The lowest BCUT2D eigenvalue weighted by Gasteiger charge is -2.45. The number of hydrogen-bond donors (Lipinski definition) is 4. The second-order valence-corrected chi connectivity index (χ2v) is 6.94. The first kappa shape index (κ1) is 16.5. The van der Waals surface area contributed by atoms with Gasteiger partial charge in [-0.3, -0.25) is 19.4 Å². The van der Waals surface area contributed by atoms with Gasteiger partial charge >= 0.3 is 0 Å². The minimum absolute atomic E-state index is 0.0195. The van der Waals surface area contributed by atoms with E-state index in [0.717, 1.165) is 5.56 Å². The molecule has 8 heteroatoms. The summed E-state index contributed by atoms with van der Waals surface area (Å²) in [6, 6.07) is 1.74. The van der Waals surface area contributed by atoms with E-state index in [1.54, 1.807) is 12.3 Å². The summed E-state index contributed by atoms with van der Waals surface area (Å²) in [5.41, 5.74) is 3.10. The lowest BCUT2D eigenvalue weighted by Crippen LogP contribution is -2.58. The van der Waals surface area contributed by atoms with Crippen molar-refractivity contribution >= 4 is 23.2 Å². The van der Waals surface area contributed by atoms with Crippen LogP contribution in [0, 0.1) is 11.8 Å². The second-order valence-electron chi connectivity index (χ2n) is 6.94. The molecule has 134 valence electrons. The Labute approximate surface area is 147 Å². The van der Waals surface area contributed by atoms with Gasteiger partial charge in [0.2, 0.25) is 5.78 Å². The molecule has 0 radical (unpaired) electrons. The summed E-state index contributed by atoms with van der Waals surface area (Å²) in [5.74, 6) is -5.43. The van der Waals surface area contributed by atoms with Crippen molar-refractivity contribution in [1.82, 2.24) is 4.98 Å². The summed E-state index contributed by atoms with van der Waals surface area (Å²) in [5, 5.41) is 32.0. The Kier molecular flexibility index (Phi) is 3.32. The van der Waals surface area contributed by atoms with Gasteiger partial charge < -0.3 is 21.1 Å². The van der Waals surface area contributed by atoms with Crippen molar-refractivity contribution < 1.29 is 29.7 Å². The van der Waals surface area contributed by atoms with Gasteiger partial charge in [0.1, 0.15) is 17.1 Å². The number of amides is 1. The smallest absolute Gasteiger partial charge is 0.255 e. The fraction of sp³-hybridized carbons (Fsp3) is 0.333. The van der Waals surface area contributed by atoms with E-state index in [2.05, 4.69) is 4.98 Å². The SMILES string of the molecule is NC(=O)C1=C(O)[C@@]2(O)C(=O)C3=C(O)c4cnccc4CC3C[C@H]2CC1=O. The molecule has 26 heavy (non-hydrogen) atoms. The number of carbonyl (C=O) groups excluding carboxylic acids is 3. The fourth-order valence-corrected chi connectivity index (χ4v) is 4.35. The van der Waals surface area contributed by atoms with E-state index in [-0.39, 0.29) is 24.2 Å². The minimum Gasteiger partial charge on any atom is -0.508 e. The van der Waals surface area contributed by atoms with Crippen LogP contribution in [-0.2, 0) is 20.8 Å². The number of pyridine rings is 1. The third-order valence-corrected chi connectivity index (χ3v) is 5.60. The van der Waals surface area contributed by atoms with Crippen molar-refractivity contribution in [3.05, 3.63) is 46.5 Å². The molecule has 0 bridgehead atoms. The van der Waals surface area contributed by atoms with Gasteiger partial charge in [0.25, 0.3) is 5.91 Å². The average molecular weight is 356 g/mol. The third kappa shape index (κ3) is 1.93. The molecule has 0 saturated heterocycles. The average Bonchev–Trinajstić information content (AvgIpc) is 2.58. The zero-order chi connectivity index (χ0) is 18.8. The monoisotopic (exact) mass is 356 g/mol. The van der Waals surface area contributed by atoms with Crippen molar-refractivity contribution in [2.24, 2.45) is 17.6 Å². The molecule has 1 unspecified atom stereocenters. The molecule has 8 nitrogen and oxygen atoms in total. The van der Waals surface area contributed by atoms with Gasteiger partial charge in [-0.1, -0.05) is 0 Å². The number of hydrogen-bond acceptors (Lipinski definition) is 7. The number of aliphatic hydroxyl groups excluding tert-OH is 2. The molecule has 3 aliphatic rings. The topological polar surface area (TPSA) is 151 Å². The minimum atomic E-state index is -2.45. The van der Waals surface area contributed by atoms with Gasteiger partial charge in [-0.25, -0.2) is 0 Å². The number of aliphatic hydroxyl groups is 3. The van der Waals surface area contributed by atoms with Crippen molar-refractivity contribution in [2.45, 2.75) is 24.9 Å². The number of nitrogens with zero attached hydrogens (tertiary/aromatic N) is 1. The number of fused-ring (bicyclic) bond motifs is 3.